The van der Waals surface area contributed by atoms with Gasteiger partial charge in [0.2, 0.25) is 0 Å². The Bertz CT molecular complexity index is 403. The Kier molecular flexibility index (Phi) is 3.36. The molecule has 0 aliphatic heterocycles. The van der Waals surface area contributed by atoms with Crippen molar-refractivity contribution < 1.29 is 4.79 Å². The highest BCUT2D eigenvalue weighted by atomic mass is 16.1. The van der Waals surface area contributed by atoms with Crippen molar-refractivity contribution in [1.29, 1.82) is 5.26 Å². The van der Waals surface area contributed by atoms with E-state index in [2.05, 4.69) is 18.2 Å². The van der Waals surface area contributed by atoms with E-state index in [9.17, 15) is 4.79 Å². The smallest absolute Gasteiger partial charge is 0.132 e. The number of hydrogen-bond donors (Lipinski definition) is 0. The quantitative estimate of drug-likeness (QED) is 0.757. The van der Waals surface area contributed by atoms with Crippen molar-refractivity contribution in [2.75, 3.05) is 0 Å². The van der Waals surface area contributed by atoms with Gasteiger partial charge in [-0.2, -0.15) is 5.26 Å². The molecule has 0 spiro atoms. The molecule has 2 heteroatoms. The molecule has 1 aliphatic rings. The second-order valence-electron chi connectivity index (χ2n) is 4.39. The molecule has 1 aromatic carbocycles. The lowest BCUT2D eigenvalue weighted by molar-refractivity contribution is -0.120. The fourth-order valence-electron chi connectivity index (χ4n) is 2.27. The van der Waals surface area contributed by atoms with E-state index in [-0.39, 0.29) is 0 Å². The average Bonchev–Trinajstić information content (AvgIpc) is 2.32. The van der Waals surface area contributed by atoms with E-state index >= 15 is 0 Å². The molecule has 1 aromatic rings. The SMILES string of the molecule is N#CCc1ccc(C2CCC(=O)CC2)cc1. The van der Waals surface area contributed by atoms with Gasteiger partial charge in [-0.3, -0.25) is 4.79 Å². The molecule has 0 saturated heterocycles. The predicted octanol–water partition coefficient (Wildman–Crippen LogP) is 2.98. The Morgan fingerprint density at radius 3 is 2.38 bits per heavy atom. The zero-order valence-electron chi connectivity index (χ0n) is 9.28. The topological polar surface area (TPSA) is 40.9 Å². The van der Waals surface area contributed by atoms with Gasteiger partial charge in [-0.25, -0.2) is 0 Å². The van der Waals surface area contributed by atoms with Crippen LogP contribution in [0, 0.1) is 11.3 Å². The van der Waals surface area contributed by atoms with Crippen molar-refractivity contribution in [3.05, 3.63) is 35.4 Å². The van der Waals surface area contributed by atoms with Crippen LogP contribution in [-0.4, -0.2) is 5.78 Å². The maximum absolute atomic E-state index is 11.1. The third-order valence-electron chi connectivity index (χ3n) is 3.28. The molecule has 0 N–H and O–H groups in total. The van der Waals surface area contributed by atoms with Crippen LogP contribution in [0.4, 0.5) is 0 Å². The highest BCUT2D eigenvalue weighted by molar-refractivity contribution is 5.79. The van der Waals surface area contributed by atoms with Gasteiger partial charge in [-0.05, 0) is 29.9 Å². The maximum Gasteiger partial charge on any atom is 0.132 e. The number of ketones is 1. The molecule has 16 heavy (non-hydrogen) atoms. The summed E-state index contributed by atoms with van der Waals surface area (Å²) in [6, 6.07) is 10.4. The molecule has 2 nitrogen and oxygen atoms in total. The van der Waals surface area contributed by atoms with Crippen LogP contribution in [0.25, 0.3) is 0 Å². The number of carbonyl (C=O) groups excluding carboxylic acids is 1. The molecule has 1 fully saturated rings. The van der Waals surface area contributed by atoms with Crippen LogP contribution in [0.2, 0.25) is 0 Å². The van der Waals surface area contributed by atoms with Crippen molar-refractivity contribution in [2.45, 2.75) is 38.0 Å². The van der Waals surface area contributed by atoms with E-state index in [1.807, 2.05) is 12.1 Å². The number of nitrogens with zero attached hydrogens (tertiary/aromatic N) is 1. The average molecular weight is 213 g/mol. The molecule has 2 rings (SSSR count). The van der Waals surface area contributed by atoms with Gasteiger partial charge in [-0.15, -0.1) is 0 Å². The van der Waals surface area contributed by atoms with Crippen molar-refractivity contribution in [3.8, 4) is 6.07 Å². The van der Waals surface area contributed by atoms with Crippen LogP contribution in [0.1, 0.15) is 42.7 Å². The summed E-state index contributed by atoms with van der Waals surface area (Å²) in [5.74, 6) is 0.936. The van der Waals surface area contributed by atoms with E-state index in [1.54, 1.807) is 0 Å². The second kappa shape index (κ2) is 4.94. The number of benzene rings is 1. The number of nitriles is 1. The van der Waals surface area contributed by atoms with Crippen LogP contribution < -0.4 is 0 Å². The largest absolute Gasteiger partial charge is 0.300 e. The third kappa shape index (κ3) is 2.49. The molecule has 1 saturated carbocycles. The number of carbonyl (C=O) groups is 1. The minimum atomic E-state index is 0.400. The van der Waals surface area contributed by atoms with E-state index in [0.29, 0.717) is 18.1 Å². The van der Waals surface area contributed by atoms with Gasteiger partial charge in [0, 0.05) is 12.8 Å². The Hall–Kier alpha value is -1.62. The van der Waals surface area contributed by atoms with Crippen LogP contribution in [0.5, 0.6) is 0 Å². The lowest BCUT2D eigenvalue weighted by Gasteiger charge is -2.21. The maximum atomic E-state index is 11.1. The molecule has 0 unspecified atom stereocenters. The molecule has 82 valence electrons. The summed E-state index contributed by atoms with van der Waals surface area (Å²) >= 11 is 0. The second-order valence-corrected chi connectivity index (χ2v) is 4.39. The van der Waals surface area contributed by atoms with E-state index in [4.69, 9.17) is 5.26 Å². The minimum absolute atomic E-state index is 0.400. The Labute approximate surface area is 95.9 Å². The summed E-state index contributed by atoms with van der Waals surface area (Å²) in [6.45, 7) is 0. The molecule has 0 radical (unpaired) electrons. The fourth-order valence-corrected chi connectivity index (χ4v) is 2.27. The van der Waals surface area contributed by atoms with Gasteiger partial charge in [0.15, 0.2) is 0 Å². The molecule has 0 amide bonds. The zero-order valence-corrected chi connectivity index (χ0v) is 9.28. The van der Waals surface area contributed by atoms with Crippen molar-refractivity contribution >= 4 is 5.78 Å². The van der Waals surface area contributed by atoms with Crippen molar-refractivity contribution in [2.24, 2.45) is 0 Å². The van der Waals surface area contributed by atoms with E-state index in [1.165, 1.54) is 5.56 Å². The minimum Gasteiger partial charge on any atom is -0.300 e. The van der Waals surface area contributed by atoms with Crippen molar-refractivity contribution in [1.82, 2.24) is 0 Å². The molecule has 1 aliphatic carbocycles. The first-order valence-corrected chi connectivity index (χ1v) is 5.77. The molecular weight excluding hydrogens is 198 g/mol. The molecule has 0 atom stereocenters. The van der Waals surface area contributed by atoms with Crippen LogP contribution >= 0.6 is 0 Å². The molecule has 0 heterocycles. The van der Waals surface area contributed by atoms with Gasteiger partial charge in [0.25, 0.3) is 0 Å². The zero-order chi connectivity index (χ0) is 11.4. The normalized spacial score (nSPS) is 17.1. The standard InChI is InChI=1S/C14H15NO/c15-10-9-11-1-3-12(4-2-11)13-5-7-14(16)8-6-13/h1-4,13H,5-9H2. The number of hydrogen-bond acceptors (Lipinski definition) is 2. The fraction of sp³-hybridized carbons (Fsp3) is 0.429. The highest BCUT2D eigenvalue weighted by Crippen LogP contribution is 2.31. The van der Waals surface area contributed by atoms with Gasteiger partial charge < -0.3 is 0 Å². The lowest BCUT2D eigenvalue weighted by atomic mass is 9.83. The van der Waals surface area contributed by atoms with Gasteiger partial charge in [-0.1, -0.05) is 24.3 Å². The van der Waals surface area contributed by atoms with Gasteiger partial charge in [0.1, 0.15) is 5.78 Å². The van der Waals surface area contributed by atoms with Crippen molar-refractivity contribution in [3.63, 3.8) is 0 Å². The first kappa shape index (κ1) is 10.9. The number of Topliss-reactive ketones (excluding diaryl/α,β-unsaturated/α-hetero) is 1. The summed E-state index contributed by atoms with van der Waals surface area (Å²) < 4.78 is 0. The Morgan fingerprint density at radius 2 is 1.81 bits per heavy atom. The van der Waals surface area contributed by atoms with E-state index in [0.717, 1.165) is 31.2 Å². The predicted molar refractivity (Wildman–Crippen MR) is 62.0 cm³/mol. The molecule has 0 bridgehead atoms. The Balaban J connectivity index is 2.04. The first-order valence-electron chi connectivity index (χ1n) is 5.77. The summed E-state index contributed by atoms with van der Waals surface area (Å²) in [6.07, 6.45) is 3.89. The summed E-state index contributed by atoms with van der Waals surface area (Å²) in [4.78, 5) is 11.1. The lowest BCUT2D eigenvalue weighted by Crippen LogP contribution is -2.12. The summed E-state index contributed by atoms with van der Waals surface area (Å²) in [7, 11) is 0. The molecule has 0 aromatic heterocycles. The Morgan fingerprint density at radius 1 is 1.19 bits per heavy atom. The monoisotopic (exact) mass is 213 g/mol. The van der Waals surface area contributed by atoms with Crippen LogP contribution in [-0.2, 0) is 11.2 Å². The van der Waals surface area contributed by atoms with Gasteiger partial charge >= 0.3 is 0 Å². The third-order valence-corrected chi connectivity index (χ3v) is 3.28. The highest BCUT2D eigenvalue weighted by Gasteiger charge is 2.19. The summed E-state index contributed by atoms with van der Waals surface area (Å²) in [5.41, 5.74) is 2.38. The molecular formula is C14H15NO. The van der Waals surface area contributed by atoms with Crippen LogP contribution in [0.3, 0.4) is 0 Å². The number of rotatable bonds is 2. The summed E-state index contributed by atoms with van der Waals surface area (Å²) in [5, 5.41) is 8.58. The van der Waals surface area contributed by atoms with E-state index < -0.39 is 0 Å². The first-order chi connectivity index (χ1) is 7.79. The van der Waals surface area contributed by atoms with Gasteiger partial charge in [0.05, 0.1) is 12.5 Å². The van der Waals surface area contributed by atoms with Crippen LogP contribution in [0.15, 0.2) is 24.3 Å².